The van der Waals surface area contributed by atoms with Crippen LogP contribution in [0.2, 0.25) is 0 Å². The van der Waals surface area contributed by atoms with Gasteiger partial charge >= 0.3 is 0 Å². The summed E-state index contributed by atoms with van der Waals surface area (Å²) in [6, 6.07) is 75.7. The van der Waals surface area contributed by atoms with Gasteiger partial charge in [-0.05, 0) is 104 Å². The van der Waals surface area contributed by atoms with Gasteiger partial charge in [0.15, 0.2) is 0 Å². The molecule has 254 valence electrons. The lowest BCUT2D eigenvalue weighted by Crippen LogP contribution is -2.10. The number of fused-ring (bicyclic) bond motifs is 5. The number of anilines is 3. The Bertz CT molecular complexity index is 2840. The second-order valence-corrected chi connectivity index (χ2v) is 13.7. The van der Waals surface area contributed by atoms with Gasteiger partial charge in [0.1, 0.15) is 11.2 Å². The van der Waals surface area contributed by atoms with Crippen molar-refractivity contribution in [2.24, 2.45) is 0 Å². The first kappa shape index (κ1) is 31.6. The average molecular weight is 690 g/mol. The minimum absolute atomic E-state index is 0.886. The van der Waals surface area contributed by atoms with Gasteiger partial charge in [0.25, 0.3) is 0 Å². The lowest BCUT2D eigenvalue weighted by Gasteiger charge is -2.27. The fraction of sp³-hybridized carbons (Fsp3) is 0. The molecule has 1 heterocycles. The van der Waals surface area contributed by atoms with E-state index in [9.17, 15) is 0 Å². The van der Waals surface area contributed by atoms with Gasteiger partial charge in [-0.15, -0.1) is 0 Å². The maximum absolute atomic E-state index is 6.77. The average Bonchev–Trinajstić information content (AvgIpc) is 3.66. The lowest BCUT2D eigenvalue weighted by atomic mass is 9.93. The number of hydrogen-bond donors (Lipinski definition) is 0. The van der Waals surface area contributed by atoms with Crippen LogP contribution in [-0.4, -0.2) is 0 Å². The monoisotopic (exact) mass is 689 g/mol. The quantitative estimate of drug-likeness (QED) is 0.166. The molecule has 0 bridgehead atoms. The van der Waals surface area contributed by atoms with E-state index >= 15 is 0 Å². The maximum atomic E-state index is 6.77. The van der Waals surface area contributed by atoms with Gasteiger partial charge in [0, 0.05) is 33.4 Å². The number of nitrogens with zero attached hydrogens (tertiary/aromatic N) is 1. The Kier molecular flexibility index (Phi) is 7.85. The molecule has 0 saturated carbocycles. The minimum atomic E-state index is 0.886. The fourth-order valence-corrected chi connectivity index (χ4v) is 7.89. The Morgan fingerprint density at radius 2 is 0.852 bits per heavy atom. The molecule has 54 heavy (non-hydrogen) atoms. The molecule has 1 aromatic heterocycles. The molecule has 0 amide bonds. The van der Waals surface area contributed by atoms with Crippen LogP contribution in [0.4, 0.5) is 17.1 Å². The van der Waals surface area contributed by atoms with Crippen molar-refractivity contribution < 1.29 is 4.42 Å². The number of para-hydroxylation sites is 1. The zero-order chi connectivity index (χ0) is 35.8. The Morgan fingerprint density at radius 3 is 1.50 bits per heavy atom. The molecule has 10 rings (SSSR count). The second-order valence-electron chi connectivity index (χ2n) is 13.7. The van der Waals surface area contributed by atoms with Crippen molar-refractivity contribution in [3.63, 3.8) is 0 Å². The van der Waals surface area contributed by atoms with Gasteiger partial charge < -0.3 is 9.32 Å². The molecule has 0 aliphatic heterocycles. The van der Waals surface area contributed by atoms with E-state index < -0.39 is 0 Å². The van der Waals surface area contributed by atoms with E-state index in [4.69, 9.17) is 4.42 Å². The van der Waals surface area contributed by atoms with Crippen LogP contribution >= 0.6 is 0 Å². The SMILES string of the molecule is c1ccc(-c2cc(-c3ccccc3)cc(N(c3ccccc3)c3ccc(-c4cccc5oc6c(-c7ccccc7)cc7ccccc7c6c45)cc3)c2)cc1. The zero-order valence-corrected chi connectivity index (χ0v) is 29.6. The van der Waals surface area contributed by atoms with Crippen LogP contribution in [0.5, 0.6) is 0 Å². The Morgan fingerprint density at radius 1 is 0.315 bits per heavy atom. The summed E-state index contributed by atoms with van der Waals surface area (Å²) in [7, 11) is 0. The van der Waals surface area contributed by atoms with Crippen molar-refractivity contribution in [3.05, 3.63) is 212 Å². The molecule has 0 unspecified atom stereocenters. The normalized spacial score (nSPS) is 11.3. The number of benzene rings is 9. The number of hydrogen-bond acceptors (Lipinski definition) is 2. The first-order valence-corrected chi connectivity index (χ1v) is 18.4. The van der Waals surface area contributed by atoms with Gasteiger partial charge in [-0.2, -0.15) is 0 Å². The molecule has 10 aromatic rings. The largest absolute Gasteiger partial charge is 0.455 e. The summed E-state index contributed by atoms with van der Waals surface area (Å²) in [4.78, 5) is 2.36. The highest BCUT2D eigenvalue weighted by Gasteiger charge is 2.20. The highest BCUT2D eigenvalue weighted by Crippen LogP contribution is 2.45. The highest BCUT2D eigenvalue weighted by molar-refractivity contribution is 6.25. The summed E-state index contributed by atoms with van der Waals surface area (Å²) in [5, 5.41) is 4.68. The second kappa shape index (κ2) is 13.4. The first-order valence-electron chi connectivity index (χ1n) is 18.4. The van der Waals surface area contributed by atoms with Crippen molar-refractivity contribution >= 4 is 49.8 Å². The molecule has 0 spiro atoms. The van der Waals surface area contributed by atoms with Crippen LogP contribution in [0.25, 0.3) is 77.2 Å². The van der Waals surface area contributed by atoms with Crippen molar-refractivity contribution in [3.8, 4) is 44.5 Å². The third-order valence-corrected chi connectivity index (χ3v) is 10.4. The van der Waals surface area contributed by atoms with Crippen LogP contribution in [0.1, 0.15) is 0 Å². The minimum Gasteiger partial charge on any atom is -0.455 e. The molecule has 0 N–H and O–H groups in total. The Hall–Kier alpha value is -7.16. The van der Waals surface area contributed by atoms with E-state index in [-0.39, 0.29) is 0 Å². The third kappa shape index (κ3) is 5.62. The third-order valence-electron chi connectivity index (χ3n) is 10.4. The summed E-state index contributed by atoms with van der Waals surface area (Å²) >= 11 is 0. The Balaban J connectivity index is 1.14. The smallest absolute Gasteiger partial charge is 0.143 e. The topological polar surface area (TPSA) is 16.4 Å². The Labute approximate surface area is 314 Å². The molecular weight excluding hydrogens is 655 g/mol. The summed E-state index contributed by atoms with van der Waals surface area (Å²) in [6.45, 7) is 0. The van der Waals surface area contributed by atoms with E-state index in [0.29, 0.717) is 0 Å². The van der Waals surface area contributed by atoms with Gasteiger partial charge in [0.2, 0.25) is 0 Å². The molecule has 0 atom stereocenters. The zero-order valence-electron chi connectivity index (χ0n) is 29.6. The lowest BCUT2D eigenvalue weighted by molar-refractivity contribution is 0.670. The van der Waals surface area contributed by atoms with E-state index in [0.717, 1.165) is 61.3 Å². The predicted molar refractivity (Wildman–Crippen MR) is 228 cm³/mol. The van der Waals surface area contributed by atoms with E-state index in [2.05, 4.69) is 217 Å². The van der Waals surface area contributed by atoms with Crippen LogP contribution in [0, 0.1) is 0 Å². The van der Waals surface area contributed by atoms with Crippen LogP contribution in [-0.2, 0) is 0 Å². The maximum Gasteiger partial charge on any atom is 0.143 e. The summed E-state index contributed by atoms with van der Waals surface area (Å²) in [6.07, 6.45) is 0. The van der Waals surface area contributed by atoms with Crippen LogP contribution < -0.4 is 4.90 Å². The molecule has 2 heteroatoms. The number of rotatable bonds is 7. The van der Waals surface area contributed by atoms with Crippen LogP contribution in [0.15, 0.2) is 217 Å². The predicted octanol–water partition coefficient (Wildman–Crippen LogP) is 14.9. The van der Waals surface area contributed by atoms with Crippen molar-refractivity contribution in [2.75, 3.05) is 4.90 Å². The molecule has 0 saturated heterocycles. The van der Waals surface area contributed by atoms with Gasteiger partial charge in [-0.25, -0.2) is 0 Å². The van der Waals surface area contributed by atoms with E-state index in [1.165, 1.54) is 33.0 Å². The molecule has 2 nitrogen and oxygen atoms in total. The molecular formula is C52H35NO. The molecule has 0 radical (unpaired) electrons. The van der Waals surface area contributed by atoms with Crippen molar-refractivity contribution in [1.29, 1.82) is 0 Å². The molecule has 0 fully saturated rings. The van der Waals surface area contributed by atoms with Gasteiger partial charge in [-0.1, -0.05) is 158 Å². The van der Waals surface area contributed by atoms with Crippen molar-refractivity contribution in [2.45, 2.75) is 0 Å². The number of furan rings is 1. The van der Waals surface area contributed by atoms with Gasteiger partial charge in [0.05, 0.1) is 0 Å². The molecule has 0 aliphatic rings. The van der Waals surface area contributed by atoms with Gasteiger partial charge in [-0.3, -0.25) is 0 Å². The van der Waals surface area contributed by atoms with Crippen molar-refractivity contribution in [1.82, 2.24) is 0 Å². The summed E-state index contributed by atoms with van der Waals surface area (Å²) < 4.78 is 6.77. The standard InChI is InChI=1S/C52H35NO/c1-5-16-36(17-6-1)41-32-42(37-18-7-2-8-19-37)34-45(33-41)53(43-23-11-4-12-24-43)44-30-28-39(29-31-44)46-26-15-27-49-50(46)51-47-25-14-13-22-40(47)35-48(52(51)54-49)38-20-9-3-10-21-38/h1-35H. The molecule has 0 aliphatic carbocycles. The van der Waals surface area contributed by atoms with Crippen LogP contribution in [0.3, 0.4) is 0 Å². The molecule has 9 aromatic carbocycles. The van der Waals surface area contributed by atoms with E-state index in [1.54, 1.807) is 0 Å². The summed E-state index contributed by atoms with van der Waals surface area (Å²) in [5.41, 5.74) is 14.3. The summed E-state index contributed by atoms with van der Waals surface area (Å²) in [5.74, 6) is 0. The first-order chi connectivity index (χ1) is 26.8. The highest BCUT2D eigenvalue weighted by atomic mass is 16.3. The van der Waals surface area contributed by atoms with E-state index in [1.807, 2.05) is 0 Å². The fourth-order valence-electron chi connectivity index (χ4n) is 7.89.